The van der Waals surface area contributed by atoms with Gasteiger partial charge < -0.3 is 21.7 Å². The maximum atomic E-state index is 12.9. The molecule has 0 aromatic rings. The number of hydrogen-bond acceptors (Lipinski definition) is 4. The lowest BCUT2D eigenvalue weighted by Gasteiger charge is -2.41. The van der Waals surface area contributed by atoms with E-state index >= 15 is 0 Å². The van der Waals surface area contributed by atoms with Gasteiger partial charge in [-0.1, -0.05) is 19.8 Å². The molecule has 0 radical (unpaired) electrons. The Kier molecular flexibility index (Phi) is 6.26. The van der Waals surface area contributed by atoms with Crippen molar-refractivity contribution in [1.29, 1.82) is 0 Å². The van der Waals surface area contributed by atoms with E-state index in [9.17, 15) is 19.2 Å². The van der Waals surface area contributed by atoms with E-state index in [-0.39, 0.29) is 5.41 Å². The van der Waals surface area contributed by atoms with Gasteiger partial charge in [0.1, 0.15) is 11.6 Å². The zero-order chi connectivity index (χ0) is 19.4. The van der Waals surface area contributed by atoms with Gasteiger partial charge in [-0.2, -0.15) is 0 Å². The number of urea groups is 1. The molecular formula is C18H30N4O4. The summed E-state index contributed by atoms with van der Waals surface area (Å²) in [5.74, 6) is -2.24. The average Bonchev–Trinajstić information content (AvgIpc) is 2.96. The third-order valence-electron chi connectivity index (χ3n) is 5.69. The van der Waals surface area contributed by atoms with Crippen LogP contribution in [0, 0.1) is 5.41 Å². The summed E-state index contributed by atoms with van der Waals surface area (Å²) in [6, 6.07) is -1.18. The fourth-order valence-electron chi connectivity index (χ4n) is 4.00. The van der Waals surface area contributed by atoms with Crippen LogP contribution < -0.4 is 21.7 Å². The highest BCUT2D eigenvalue weighted by Gasteiger charge is 2.48. The van der Waals surface area contributed by atoms with Crippen LogP contribution in [-0.4, -0.2) is 41.8 Å². The third-order valence-corrected chi connectivity index (χ3v) is 5.69. The van der Waals surface area contributed by atoms with Crippen LogP contribution in [0.5, 0.6) is 0 Å². The summed E-state index contributed by atoms with van der Waals surface area (Å²) in [6.07, 6.45) is 6.24. The van der Waals surface area contributed by atoms with Gasteiger partial charge in [-0.3, -0.25) is 14.4 Å². The molecular weight excluding hydrogens is 336 g/mol. The second-order valence-corrected chi connectivity index (χ2v) is 7.90. The van der Waals surface area contributed by atoms with Gasteiger partial charge in [-0.15, -0.1) is 0 Å². The molecule has 0 heterocycles. The summed E-state index contributed by atoms with van der Waals surface area (Å²) >= 11 is 0. The van der Waals surface area contributed by atoms with Crippen molar-refractivity contribution in [2.45, 2.75) is 76.8 Å². The van der Waals surface area contributed by atoms with Gasteiger partial charge in [0, 0.05) is 6.54 Å². The van der Waals surface area contributed by atoms with Crippen molar-refractivity contribution in [3.63, 3.8) is 0 Å². The fourth-order valence-corrected chi connectivity index (χ4v) is 4.00. The topological polar surface area (TPSA) is 130 Å². The summed E-state index contributed by atoms with van der Waals surface area (Å²) in [4.78, 5) is 48.3. The predicted octanol–water partition coefficient (Wildman–Crippen LogP) is 0.738. The van der Waals surface area contributed by atoms with E-state index in [2.05, 4.69) is 22.9 Å². The highest BCUT2D eigenvalue weighted by atomic mass is 16.2. The Morgan fingerprint density at radius 2 is 1.65 bits per heavy atom. The molecule has 0 unspecified atom stereocenters. The van der Waals surface area contributed by atoms with Crippen LogP contribution in [0.2, 0.25) is 0 Å². The molecule has 26 heavy (non-hydrogen) atoms. The highest BCUT2D eigenvalue weighted by molar-refractivity contribution is 6.39. The van der Waals surface area contributed by atoms with Crippen LogP contribution in [0.4, 0.5) is 4.79 Å². The average molecular weight is 366 g/mol. The van der Waals surface area contributed by atoms with E-state index in [4.69, 9.17) is 5.73 Å². The number of amides is 4. The van der Waals surface area contributed by atoms with Crippen molar-refractivity contribution in [3.8, 4) is 0 Å². The lowest BCUT2D eigenvalue weighted by molar-refractivity contribution is -0.144. The smallest absolute Gasteiger partial charge is 0.315 e. The summed E-state index contributed by atoms with van der Waals surface area (Å²) in [7, 11) is 0. The monoisotopic (exact) mass is 366 g/mol. The summed E-state index contributed by atoms with van der Waals surface area (Å²) in [5.41, 5.74) is 3.90. The minimum Gasteiger partial charge on any atom is -0.363 e. The molecule has 0 bridgehead atoms. The number of hydrogen-bond donors (Lipinski definition) is 4. The van der Waals surface area contributed by atoms with Crippen LogP contribution >= 0.6 is 0 Å². The van der Waals surface area contributed by atoms with Gasteiger partial charge in [-0.25, -0.2) is 4.79 Å². The van der Waals surface area contributed by atoms with E-state index < -0.39 is 35.2 Å². The second kappa shape index (κ2) is 8.05. The predicted molar refractivity (Wildman–Crippen MR) is 96.1 cm³/mol. The fraction of sp³-hybridized carbons (Fsp3) is 0.778. The molecule has 1 atom stereocenters. The molecule has 0 spiro atoms. The molecule has 0 saturated heterocycles. The molecule has 2 aliphatic carbocycles. The van der Waals surface area contributed by atoms with E-state index in [1.807, 2.05) is 0 Å². The number of rotatable bonds is 8. The number of primary amides is 1. The standard InChI is InChI=1S/C18H30N4O4/c1-3-20-16(26)21-12(11-17(2)7-4-5-8-17)15(25)22-18(9-6-10-18)13(23)14(19)24/h12H,3-11H2,1-2H3,(H2,19,24)(H,22,25)(H2,20,21,26)/t12-/m0/s1. The molecule has 0 aliphatic heterocycles. The maximum Gasteiger partial charge on any atom is 0.315 e. The van der Waals surface area contributed by atoms with Gasteiger partial charge in [0.15, 0.2) is 0 Å². The Balaban J connectivity index is 2.12. The summed E-state index contributed by atoms with van der Waals surface area (Å²) < 4.78 is 0. The molecule has 146 valence electrons. The Bertz CT molecular complexity index is 580. The molecule has 2 fully saturated rings. The van der Waals surface area contributed by atoms with Crippen molar-refractivity contribution < 1.29 is 19.2 Å². The number of Topliss-reactive ketones (excluding diaryl/α,β-unsaturated/α-hetero) is 1. The van der Waals surface area contributed by atoms with Crippen LogP contribution in [-0.2, 0) is 14.4 Å². The minimum absolute atomic E-state index is 0.0258. The molecule has 4 amide bonds. The van der Waals surface area contributed by atoms with E-state index in [1.165, 1.54) is 0 Å². The molecule has 5 N–H and O–H groups in total. The number of nitrogens with two attached hydrogens (primary N) is 1. The van der Waals surface area contributed by atoms with Crippen LogP contribution in [0.1, 0.15) is 65.2 Å². The Morgan fingerprint density at radius 3 is 2.12 bits per heavy atom. The molecule has 2 rings (SSSR count). The van der Waals surface area contributed by atoms with Crippen molar-refractivity contribution in [1.82, 2.24) is 16.0 Å². The first-order valence-corrected chi connectivity index (χ1v) is 9.42. The Hall–Kier alpha value is -2.12. The SMILES string of the molecule is CCNC(=O)N[C@@H](CC1(C)CCCC1)C(=O)NC1(C(=O)C(N)=O)CCC1. The van der Waals surface area contributed by atoms with Crippen LogP contribution in [0.25, 0.3) is 0 Å². The van der Waals surface area contributed by atoms with Crippen LogP contribution in [0.15, 0.2) is 0 Å². The van der Waals surface area contributed by atoms with Gasteiger partial charge in [0.25, 0.3) is 5.91 Å². The van der Waals surface area contributed by atoms with Crippen molar-refractivity contribution >= 4 is 23.6 Å². The van der Waals surface area contributed by atoms with Crippen molar-refractivity contribution in [2.75, 3.05) is 6.54 Å². The summed E-state index contributed by atoms with van der Waals surface area (Å²) in [6.45, 7) is 4.36. The first-order valence-electron chi connectivity index (χ1n) is 9.42. The van der Waals surface area contributed by atoms with E-state index in [0.717, 1.165) is 32.1 Å². The summed E-state index contributed by atoms with van der Waals surface area (Å²) in [5, 5.41) is 8.07. The van der Waals surface area contributed by atoms with Crippen molar-refractivity contribution in [2.24, 2.45) is 11.1 Å². The molecule has 2 aliphatic rings. The first-order chi connectivity index (χ1) is 12.2. The maximum absolute atomic E-state index is 12.9. The number of ketones is 1. The quantitative estimate of drug-likeness (QED) is 0.472. The third kappa shape index (κ3) is 4.53. The molecule has 8 nitrogen and oxygen atoms in total. The largest absolute Gasteiger partial charge is 0.363 e. The number of carbonyl (C=O) groups is 4. The van der Waals surface area contributed by atoms with Gasteiger partial charge in [0.2, 0.25) is 11.7 Å². The molecule has 0 aromatic carbocycles. The van der Waals surface area contributed by atoms with E-state index in [0.29, 0.717) is 25.8 Å². The molecule has 0 aromatic heterocycles. The Labute approximate surface area is 154 Å². The number of nitrogens with one attached hydrogen (secondary N) is 3. The molecule has 2 saturated carbocycles. The normalized spacial score (nSPS) is 21.2. The lowest BCUT2D eigenvalue weighted by atomic mass is 9.72. The zero-order valence-corrected chi connectivity index (χ0v) is 15.7. The van der Waals surface area contributed by atoms with Crippen molar-refractivity contribution in [3.05, 3.63) is 0 Å². The highest BCUT2D eigenvalue weighted by Crippen LogP contribution is 2.41. The zero-order valence-electron chi connectivity index (χ0n) is 15.7. The minimum atomic E-state index is -1.21. The van der Waals surface area contributed by atoms with Crippen LogP contribution in [0.3, 0.4) is 0 Å². The first kappa shape index (κ1) is 20.2. The van der Waals surface area contributed by atoms with Gasteiger partial charge in [-0.05, 0) is 50.9 Å². The van der Waals surface area contributed by atoms with Gasteiger partial charge >= 0.3 is 6.03 Å². The van der Waals surface area contributed by atoms with Gasteiger partial charge in [0.05, 0.1) is 0 Å². The second-order valence-electron chi connectivity index (χ2n) is 7.90. The van der Waals surface area contributed by atoms with E-state index in [1.54, 1.807) is 6.92 Å². The number of carbonyl (C=O) groups excluding carboxylic acids is 4. The molecule has 8 heteroatoms. The lowest BCUT2D eigenvalue weighted by Crippen LogP contribution is -2.65. The Morgan fingerprint density at radius 1 is 1.04 bits per heavy atom.